The van der Waals surface area contributed by atoms with Crippen molar-refractivity contribution in [2.45, 2.75) is 6.42 Å². The number of nitrogens with one attached hydrogen (secondary N) is 1. The Morgan fingerprint density at radius 3 is 2.92 bits per heavy atom. The second kappa shape index (κ2) is 3.92. The summed E-state index contributed by atoms with van der Waals surface area (Å²) in [5, 5.41) is 3.34. The molecule has 0 radical (unpaired) electrons. The molecule has 2 rings (SSSR count). The molecular weight excluding hydrogens is 152 g/mol. The van der Waals surface area contributed by atoms with Crippen molar-refractivity contribution in [3.8, 4) is 0 Å². The maximum absolute atomic E-state index is 5.45. The molecule has 2 aliphatic rings. The molecule has 1 saturated heterocycles. The van der Waals surface area contributed by atoms with Crippen LogP contribution in [0, 0.1) is 0 Å². The molecule has 3 nitrogen and oxygen atoms in total. The molecule has 0 bridgehead atoms. The Morgan fingerprint density at radius 1 is 1.42 bits per heavy atom. The quantitative estimate of drug-likeness (QED) is 0.637. The molecule has 0 saturated carbocycles. The molecule has 0 atom stereocenters. The smallest absolute Gasteiger partial charge is 0.106 e. The van der Waals surface area contributed by atoms with Gasteiger partial charge in [-0.25, -0.2) is 0 Å². The lowest BCUT2D eigenvalue weighted by molar-refractivity contribution is 0.181. The van der Waals surface area contributed by atoms with E-state index in [1.807, 2.05) is 0 Å². The van der Waals surface area contributed by atoms with Crippen LogP contribution >= 0.6 is 0 Å². The highest BCUT2D eigenvalue weighted by molar-refractivity contribution is 5.00. The molecule has 1 fully saturated rings. The second-order valence-electron chi connectivity index (χ2n) is 3.33. The van der Waals surface area contributed by atoms with Gasteiger partial charge in [0.05, 0.1) is 13.2 Å². The molecule has 0 aromatic carbocycles. The second-order valence-corrected chi connectivity index (χ2v) is 3.33. The minimum absolute atomic E-state index is 0.890. The van der Waals surface area contributed by atoms with E-state index in [0.29, 0.717) is 0 Å². The Hall–Kier alpha value is -0.540. The zero-order valence-electron chi connectivity index (χ0n) is 7.38. The first-order valence-corrected chi connectivity index (χ1v) is 4.70. The molecule has 0 spiro atoms. The molecule has 0 aliphatic carbocycles. The van der Waals surface area contributed by atoms with Gasteiger partial charge in [-0.15, -0.1) is 0 Å². The van der Waals surface area contributed by atoms with E-state index in [-0.39, 0.29) is 0 Å². The monoisotopic (exact) mass is 168 g/mol. The Balaban J connectivity index is 1.77. The summed E-state index contributed by atoms with van der Waals surface area (Å²) in [6, 6.07) is 0. The molecule has 12 heavy (non-hydrogen) atoms. The zero-order chi connectivity index (χ0) is 8.23. The third-order valence-corrected chi connectivity index (χ3v) is 2.37. The van der Waals surface area contributed by atoms with Crippen LogP contribution in [0.4, 0.5) is 0 Å². The Kier molecular flexibility index (Phi) is 2.64. The standard InChI is InChI=1S/C9H16N2O/c1-2-9(12-7-1)8-11-5-3-10-4-6-11/h2,10H,1,3-8H2. The number of hydrogen-bond donors (Lipinski definition) is 1. The van der Waals surface area contributed by atoms with Gasteiger partial charge in [-0.2, -0.15) is 0 Å². The van der Waals surface area contributed by atoms with Crippen LogP contribution in [0.15, 0.2) is 11.8 Å². The topological polar surface area (TPSA) is 24.5 Å². The Bertz CT molecular complexity index is 173. The average molecular weight is 168 g/mol. The van der Waals surface area contributed by atoms with E-state index in [0.717, 1.165) is 45.8 Å². The van der Waals surface area contributed by atoms with Crippen molar-refractivity contribution >= 4 is 0 Å². The van der Waals surface area contributed by atoms with E-state index in [1.165, 1.54) is 5.76 Å². The summed E-state index contributed by atoms with van der Waals surface area (Å²) in [6.07, 6.45) is 3.31. The van der Waals surface area contributed by atoms with Crippen molar-refractivity contribution in [2.75, 3.05) is 39.3 Å². The average Bonchev–Trinajstić information content (AvgIpc) is 2.59. The molecule has 0 amide bonds. The van der Waals surface area contributed by atoms with Gasteiger partial charge in [0.1, 0.15) is 5.76 Å². The number of nitrogens with zero attached hydrogens (tertiary/aromatic N) is 1. The molecule has 68 valence electrons. The summed E-state index contributed by atoms with van der Waals surface area (Å²) >= 11 is 0. The van der Waals surface area contributed by atoms with E-state index in [2.05, 4.69) is 16.3 Å². The lowest BCUT2D eigenvalue weighted by Gasteiger charge is -2.27. The zero-order valence-corrected chi connectivity index (χ0v) is 7.38. The molecule has 1 N–H and O–H groups in total. The fourth-order valence-electron chi connectivity index (χ4n) is 1.67. The summed E-state index contributed by atoms with van der Waals surface area (Å²) in [6.45, 7) is 6.45. The van der Waals surface area contributed by atoms with Crippen molar-refractivity contribution in [1.82, 2.24) is 10.2 Å². The number of piperazine rings is 1. The van der Waals surface area contributed by atoms with Crippen molar-refractivity contribution < 1.29 is 4.74 Å². The number of hydrogen-bond acceptors (Lipinski definition) is 3. The van der Waals surface area contributed by atoms with Gasteiger partial charge in [0.15, 0.2) is 0 Å². The molecule has 3 heteroatoms. The predicted octanol–water partition coefficient (Wildman–Crippen LogP) is 0.196. The van der Waals surface area contributed by atoms with Gasteiger partial charge in [0.2, 0.25) is 0 Å². The van der Waals surface area contributed by atoms with Crippen LogP contribution in [0.1, 0.15) is 6.42 Å². The summed E-state index contributed by atoms with van der Waals surface area (Å²) in [7, 11) is 0. The van der Waals surface area contributed by atoms with E-state index >= 15 is 0 Å². The predicted molar refractivity (Wildman–Crippen MR) is 48.0 cm³/mol. The molecule has 2 heterocycles. The summed E-state index contributed by atoms with van der Waals surface area (Å²) in [5.74, 6) is 1.18. The minimum atomic E-state index is 0.890. The molecule has 2 aliphatic heterocycles. The van der Waals surface area contributed by atoms with Crippen molar-refractivity contribution in [3.05, 3.63) is 11.8 Å². The van der Waals surface area contributed by atoms with Gasteiger partial charge in [-0.05, 0) is 6.08 Å². The lowest BCUT2D eigenvalue weighted by atomic mass is 10.3. The third kappa shape index (κ3) is 1.99. The van der Waals surface area contributed by atoms with E-state index < -0.39 is 0 Å². The summed E-state index contributed by atoms with van der Waals surface area (Å²) in [4.78, 5) is 2.44. The minimum Gasteiger partial charge on any atom is -0.497 e. The first-order chi connectivity index (χ1) is 5.95. The van der Waals surface area contributed by atoms with Crippen LogP contribution in [0.3, 0.4) is 0 Å². The van der Waals surface area contributed by atoms with Crippen molar-refractivity contribution in [3.63, 3.8) is 0 Å². The maximum atomic E-state index is 5.45. The van der Waals surface area contributed by atoms with E-state index in [4.69, 9.17) is 4.74 Å². The molecule has 0 aromatic heterocycles. The lowest BCUT2D eigenvalue weighted by Crippen LogP contribution is -2.44. The van der Waals surface area contributed by atoms with Crippen LogP contribution in [0.5, 0.6) is 0 Å². The molecule has 0 unspecified atom stereocenters. The van der Waals surface area contributed by atoms with Crippen molar-refractivity contribution in [2.24, 2.45) is 0 Å². The van der Waals surface area contributed by atoms with Crippen LogP contribution in [-0.2, 0) is 4.74 Å². The first-order valence-electron chi connectivity index (χ1n) is 4.70. The number of rotatable bonds is 2. The molecular formula is C9H16N2O. The van der Waals surface area contributed by atoms with Gasteiger partial charge < -0.3 is 10.1 Å². The van der Waals surface area contributed by atoms with Gasteiger partial charge in [0.25, 0.3) is 0 Å². The van der Waals surface area contributed by atoms with Gasteiger partial charge in [-0.3, -0.25) is 4.90 Å². The Labute approximate surface area is 73.4 Å². The van der Waals surface area contributed by atoms with Gasteiger partial charge in [-0.1, -0.05) is 0 Å². The largest absolute Gasteiger partial charge is 0.497 e. The van der Waals surface area contributed by atoms with Crippen LogP contribution in [-0.4, -0.2) is 44.2 Å². The highest BCUT2D eigenvalue weighted by Crippen LogP contribution is 2.10. The van der Waals surface area contributed by atoms with Crippen LogP contribution in [0.25, 0.3) is 0 Å². The third-order valence-electron chi connectivity index (χ3n) is 2.37. The van der Waals surface area contributed by atoms with Gasteiger partial charge in [0, 0.05) is 32.6 Å². The summed E-state index contributed by atoms with van der Waals surface area (Å²) in [5.41, 5.74) is 0. The van der Waals surface area contributed by atoms with Gasteiger partial charge >= 0.3 is 0 Å². The van der Waals surface area contributed by atoms with E-state index in [9.17, 15) is 0 Å². The number of ether oxygens (including phenoxy) is 1. The van der Waals surface area contributed by atoms with Crippen LogP contribution < -0.4 is 5.32 Å². The normalized spacial score (nSPS) is 25.2. The Morgan fingerprint density at radius 2 is 2.25 bits per heavy atom. The van der Waals surface area contributed by atoms with E-state index in [1.54, 1.807) is 0 Å². The fourth-order valence-corrected chi connectivity index (χ4v) is 1.67. The van der Waals surface area contributed by atoms with Crippen LogP contribution in [0.2, 0.25) is 0 Å². The highest BCUT2D eigenvalue weighted by atomic mass is 16.5. The van der Waals surface area contributed by atoms with Crippen molar-refractivity contribution in [1.29, 1.82) is 0 Å². The maximum Gasteiger partial charge on any atom is 0.106 e. The fraction of sp³-hybridized carbons (Fsp3) is 0.778. The summed E-state index contributed by atoms with van der Waals surface area (Å²) < 4.78 is 5.45. The highest BCUT2D eigenvalue weighted by Gasteiger charge is 2.13. The molecule has 0 aromatic rings. The first kappa shape index (κ1) is 8.08. The SMILES string of the molecule is C1=C(CN2CCNCC2)OCC1.